The van der Waals surface area contributed by atoms with Crippen molar-refractivity contribution >= 4 is 23.5 Å². The summed E-state index contributed by atoms with van der Waals surface area (Å²) < 4.78 is 13.5. The normalized spacial score (nSPS) is 22.6. The van der Waals surface area contributed by atoms with Gasteiger partial charge in [-0.25, -0.2) is 9.18 Å². The van der Waals surface area contributed by atoms with Gasteiger partial charge in [0.1, 0.15) is 17.9 Å². The van der Waals surface area contributed by atoms with Crippen molar-refractivity contribution < 1.29 is 18.8 Å². The Labute approximate surface area is 181 Å². The maximum atomic E-state index is 13.5. The minimum Gasteiger partial charge on any atom is -0.319 e. The number of amides is 4. The number of fused-ring (bicyclic) bond motifs is 1. The van der Waals surface area contributed by atoms with Gasteiger partial charge in [-0.2, -0.15) is 0 Å². The Hall–Kier alpha value is -3.22. The van der Waals surface area contributed by atoms with E-state index in [0.717, 1.165) is 29.0 Å². The summed E-state index contributed by atoms with van der Waals surface area (Å²) in [5.74, 6) is -1.18. The fourth-order valence-corrected chi connectivity index (χ4v) is 4.61. The van der Waals surface area contributed by atoms with Crippen LogP contribution in [0.5, 0.6) is 0 Å². The first-order valence-corrected chi connectivity index (χ1v) is 10.7. The third-order valence-corrected chi connectivity index (χ3v) is 6.19. The van der Waals surface area contributed by atoms with Gasteiger partial charge in [0.25, 0.3) is 5.91 Å². The minimum absolute atomic E-state index is 0.0485. The molecule has 0 radical (unpaired) electrons. The molecule has 0 spiro atoms. The summed E-state index contributed by atoms with van der Waals surface area (Å²) in [6.45, 7) is 3.61. The lowest BCUT2D eigenvalue weighted by molar-refractivity contribution is -0.135. The van der Waals surface area contributed by atoms with Crippen LogP contribution in [0, 0.1) is 5.82 Å². The topological polar surface area (TPSA) is 69.7 Å². The predicted molar refractivity (Wildman–Crippen MR) is 115 cm³/mol. The van der Waals surface area contributed by atoms with Gasteiger partial charge in [-0.1, -0.05) is 50.1 Å². The zero-order valence-corrected chi connectivity index (χ0v) is 17.7. The number of carbonyl (C=O) groups excluding carboxylic acids is 3. The zero-order chi connectivity index (χ0) is 22.2. The lowest BCUT2D eigenvalue weighted by Crippen LogP contribution is -2.47. The molecule has 2 aliphatic rings. The van der Waals surface area contributed by atoms with E-state index in [-0.39, 0.29) is 18.5 Å². The van der Waals surface area contributed by atoms with Gasteiger partial charge in [0.2, 0.25) is 5.91 Å². The van der Waals surface area contributed by atoms with Crippen molar-refractivity contribution in [3.8, 4) is 0 Å². The molecule has 2 aromatic rings. The number of halogens is 1. The first-order valence-electron chi connectivity index (χ1n) is 10.7. The monoisotopic (exact) mass is 423 g/mol. The number of hydrogen-bond acceptors (Lipinski definition) is 3. The minimum atomic E-state index is -1.28. The maximum Gasteiger partial charge on any atom is 0.325 e. The highest BCUT2D eigenvalue weighted by Crippen LogP contribution is 2.36. The number of imide groups is 1. The van der Waals surface area contributed by atoms with Crippen LogP contribution in [-0.2, 0) is 21.5 Å². The molecule has 0 aromatic heterocycles. The molecule has 4 rings (SSSR count). The van der Waals surface area contributed by atoms with Crippen LogP contribution in [0.4, 0.5) is 14.9 Å². The quantitative estimate of drug-likeness (QED) is 0.720. The van der Waals surface area contributed by atoms with E-state index >= 15 is 0 Å². The van der Waals surface area contributed by atoms with Crippen molar-refractivity contribution in [3.05, 3.63) is 65.5 Å². The smallest absolute Gasteiger partial charge is 0.319 e. The molecule has 6 nitrogen and oxygen atoms in total. The van der Waals surface area contributed by atoms with Crippen LogP contribution in [0.15, 0.2) is 48.5 Å². The van der Waals surface area contributed by atoms with Gasteiger partial charge < -0.3 is 10.2 Å². The number of benzene rings is 2. The van der Waals surface area contributed by atoms with Crippen molar-refractivity contribution in [2.24, 2.45) is 0 Å². The van der Waals surface area contributed by atoms with Gasteiger partial charge in [0.15, 0.2) is 0 Å². The van der Waals surface area contributed by atoms with Crippen LogP contribution in [0.2, 0.25) is 0 Å². The molecule has 2 aliphatic heterocycles. The molecule has 2 atom stereocenters. The molecule has 7 heteroatoms. The molecule has 4 amide bonds. The van der Waals surface area contributed by atoms with E-state index in [1.54, 1.807) is 4.90 Å². The number of para-hydroxylation sites is 1. The number of nitrogens with zero attached hydrogens (tertiary/aromatic N) is 2. The van der Waals surface area contributed by atoms with Crippen LogP contribution in [-0.4, -0.2) is 35.3 Å². The second-order valence-electron chi connectivity index (χ2n) is 8.28. The second kappa shape index (κ2) is 8.13. The maximum absolute atomic E-state index is 13.5. The average molecular weight is 423 g/mol. The summed E-state index contributed by atoms with van der Waals surface area (Å²) in [5.41, 5.74) is 1.14. The van der Waals surface area contributed by atoms with Crippen molar-refractivity contribution in [1.29, 1.82) is 0 Å². The van der Waals surface area contributed by atoms with E-state index in [9.17, 15) is 18.8 Å². The number of carbonyl (C=O) groups is 3. The summed E-state index contributed by atoms with van der Waals surface area (Å²) in [7, 11) is 0. The van der Waals surface area contributed by atoms with Gasteiger partial charge in [-0.3, -0.25) is 14.5 Å². The zero-order valence-electron chi connectivity index (χ0n) is 17.7. The third-order valence-electron chi connectivity index (χ3n) is 6.19. The van der Waals surface area contributed by atoms with Gasteiger partial charge in [-0.15, -0.1) is 0 Å². The first-order chi connectivity index (χ1) is 14.9. The third kappa shape index (κ3) is 3.58. The predicted octanol–water partition coefficient (Wildman–Crippen LogP) is 3.74. The lowest BCUT2D eigenvalue weighted by Gasteiger charge is -2.28. The molecular weight excluding hydrogens is 397 g/mol. The van der Waals surface area contributed by atoms with E-state index in [0.29, 0.717) is 18.4 Å². The molecule has 0 unspecified atom stereocenters. The largest absolute Gasteiger partial charge is 0.325 e. The summed E-state index contributed by atoms with van der Waals surface area (Å²) >= 11 is 0. The van der Waals surface area contributed by atoms with Gasteiger partial charge in [0, 0.05) is 11.7 Å². The van der Waals surface area contributed by atoms with E-state index in [2.05, 4.69) is 5.32 Å². The van der Waals surface area contributed by atoms with Crippen molar-refractivity contribution in [2.75, 3.05) is 11.4 Å². The molecule has 0 bridgehead atoms. The number of anilines is 1. The van der Waals surface area contributed by atoms with Crippen molar-refractivity contribution in [2.45, 2.75) is 51.1 Å². The van der Waals surface area contributed by atoms with Crippen LogP contribution >= 0.6 is 0 Å². The summed E-state index contributed by atoms with van der Waals surface area (Å²) in [6, 6.07) is 12.6. The van der Waals surface area contributed by atoms with Gasteiger partial charge in [-0.05, 0) is 49.1 Å². The first kappa shape index (κ1) is 21.0. The Kier molecular flexibility index (Phi) is 5.52. The summed E-state index contributed by atoms with van der Waals surface area (Å²) in [4.78, 5) is 42.2. The Bertz CT molecular complexity index is 1020. The van der Waals surface area contributed by atoms with Crippen molar-refractivity contribution in [1.82, 2.24) is 10.2 Å². The fraction of sp³-hybridized carbons (Fsp3) is 0.375. The standard InChI is InChI=1S/C24H26FN3O3/c1-3-4-13-24(18-9-11-19(25)12-10-18)22(30)27(23(31)26-24)15-21(29)28-16(2)14-17-7-5-6-8-20(17)28/h5-12,16H,3-4,13-15H2,1-2H3,(H,26,31)/t16-,24+/m1/s1. The summed E-state index contributed by atoms with van der Waals surface area (Å²) in [6.07, 6.45) is 2.64. The number of rotatable bonds is 6. The highest BCUT2D eigenvalue weighted by atomic mass is 19.1. The Morgan fingerprint density at radius 1 is 1.16 bits per heavy atom. The van der Waals surface area contributed by atoms with Crippen LogP contribution in [0.3, 0.4) is 0 Å². The number of unbranched alkanes of at least 4 members (excludes halogenated alkanes) is 1. The molecule has 2 heterocycles. The van der Waals surface area contributed by atoms with Crippen LogP contribution in [0.1, 0.15) is 44.2 Å². The highest BCUT2D eigenvalue weighted by Gasteiger charge is 2.52. The van der Waals surface area contributed by atoms with E-state index in [1.807, 2.05) is 38.1 Å². The SMILES string of the molecule is CCCC[C@@]1(c2ccc(F)cc2)NC(=O)N(CC(=O)N2c3ccccc3C[C@H]2C)C1=O. The second-order valence-corrected chi connectivity index (χ2v) is 8.28. The molecule has 0 saturated carbocycles. The number of hydrogen-bond donors (Lipinski definition) is 1. The molecule has 1 N–H and O–H groups in total. The average Bonchev–Trinajstić information content (AvgIpc) is 3.21. The molecule has 162 valence electrons. The Balaban J connectivity index is 1.61. The molecular formula is C24H26FN3O3. The van der Waals surface area contributed by atoms with E-state index in [4.69, 9.17) is 0 Å². The lowest BCUT2D eigenvalue weighted by atomic mass is 9.85. The van der Waals surface area contributed by atoms with Gasteiger partial charge >= 0.3 is 6.03 Å². The van der Waals surface area contributed by atoms with E-state index < -0.39 is 23.3 Å². The Morgan fingerprint density at radius 2 is 1.87 bits per heavy atom. The Morgan fingerprint density at radius 3 is 2.58 bits per heavy atom. The van der Waals surface area contributed by atoms with Crippen LogP contribution < -0.4 is 10.2 Å². The molecule has 1 fully saturated rings. The molecule has 2 aromatic carbocycles. The van der Waals surface area contributed by atoms with E-state index in [1.165, 1.54) is 24.3 Å². The number of urea groups is 1. The summed E-state index contributed by atoms with van der Waals surface area (Å²) in [5, 5.41) is 2.81. The van der Waals surface area contributed by atoms with Gasteiger partial charge in [0.05, 0.1) is 0 Å². The van der Waals surface area contributed by atoms with Crippen LogP contribution in [0.25, 0.3) is 0 Å². The molecule has 1 saturated heterocycles. The number of nitrogens with one attached hydrogen (secondary N) is 1. The molecule has 31 heavy (non-hydrogen) atoms. The van der Waals surface area contributed by atoms with Crippen molar-refractivity contribution in [3.63, 3.8) is 0 Å². The molecule has 0 aliphatic carbocycles. The fourth-order valence-electron chi connectivity index (χ4n) is 4.61. The highest BCUT2D eigenvalue weighted by molar-refractivity contribution is 6.11.